The molecule has 4 aromatic rings. The SMILES string of the molecule is CC(C)c1ccc(NC(=O)c2cccc(-c3nn([C@@H]4CCCN(C(=O)/C=C/CO)C4)c4ncnc(N)c34)c2)cc1. The molecule has 1 aliphatic heterocycles. The number of rotatable bonds is 7. The number of carbonyl (C=O) groups excluding carboxylic acids is 2. The molecule has 5 rings (SSSR count). The van der Waals surface area contributed by atoms with Crippen molar-refractivity contribution in [2.45, 2.75) is 38.6 Å². The second-order valence-corrected chi connectivity index (χ2v) is 10.2. The lowest BCUT2D eigenvalue weighted by atomic mass is 10.0. The van der Waals surface area contributed by atoms with Crippen LogP contribution in [0.4, 0.5) is 11.5 Å². The molecule has 10 heteroatoms. The summed E-state index contributed by atoms with van der Waals surface area (Å²) in [5, 5.41) is 17.5. The Morgan fingerprint density at radius 3 is 2.73 bits per heavy atom. The number of nitrogen functional groups attached to an aromatic ring is 1. The number of carbonyl (C=O) groups is 2. The van der Waals surface area contributed by atoms with E-state index in [4.69, 9.17) is 15.9 Å². The van der Waals surface area contributed by atoms with Crippen LogP contribution >= 0.6 is 0 Å². The number of anilines is 2. The molecule has 0 saturated carbocycles. The normalized spacial score (nSPS) is 15.7. The van der Waals surface area contributed by atoms with E-state index in [-0.39, 0.29) is 24.5 Å². The van der Waals surface area contributed by atoms with Gasteiger partial charge in [0.2, 0.25) is 5.91 Å². The highest BCUT2D eigenvalue weighted by atomic mass is 16.2. The number of aliphatic hydroxyl groups is 1. The van der Waals surface area contributed by atoms with Crippen molar-refractivity contribution in [1.29, 1.82) is 0 Å². The van der Waals surface area contributed by atoms with E-state index in [2.05, 4.69) is 29.1 Å². The molecule has 206 valence electrons. The van der Waals surface area contributed by atoms with Crippen molar-refractivity contribution < 1.29 is 14.7 Å². The number of nitrogens with one attached hydrogen (secondary N) is 1. The van der Waals surface area contributed by atoms with Crippen molar-refractivity contribution in [3.8, 4) is 11.3 Å². The van der Waals surface area contributed by atoms with Gasteiger partial charge in [0, 0.05) is 36.0 Å². The predicted molar refractivity (Wildman–Crippen MR) is 155 cm³/mol. The molecule has 1 fully saturated rings. The highest BCUT2D eigenvalue weighted by molar-refractivity contribution is 6.06. The smallest absolute Gasteiger partial charge is 0.255 e. The van der Waals surface area contributed by atoms with Crippen LogP contribution in [0.2, 0.25) is 0 Å². The fourth-order valence-electron chi connectivity index (χ4n) is 5.03. The Morgan fingerprint density at radius 2 is 1.98 bits per heavy atom. The first-order chi connectivity index (χ1) is 19.4. The van der Waals surface area contributed by atoms with Gasteiger partial charge in [-0.15, -0.1) is 0 Å². The lowest BCUT2D eigenvalue weighted by Gasteiger charge is -2.32. The van der Waals surface area contributed by atoms with Crippen LogP contribution in [0.5, 0.6) is 0 Å². The molecule has 1 aliphatic rings. The number of benzene rings is 2. The molecule has 10 nitrogen and oxygen atoms in total. The zero-order chi connectivity index (χ0) is 28.2. The van der Waals surface area contributed by atoms with E-state index in [0.717, 1.165) is 18.5 Å². The summed E-state index contributed by atoms with van der Waals surface area (Å²) in [7, 11) is 0. The van der Waals surface area contributed by atoms with Gasteiger partial charge in [-0.05, 0) is 48.6 Å². The van der Waals surface area contributed by atoms with E-state index in [9.17, 15) is 9.59 Å². The average molecular weight is 540 g/mol. The number of hydrogen-bond acceptors (Lipinski definition) is 7. The van der Waals surface area contributed by atoms with Crippen LogP contribution in [-0.4, -0.2) is 61.3 Å². The molecule has 1 saturated heterocycles. The fourth-order valence-corrected chi connectivity index (χ4v) is 5.03. The lowest BCUT2D eigenvalue weighted by molar-refractivity contribution is -0.127. The van der Waals surface area contributed by atoms with Crippen molar-refractivity contribution >= 4 is 34.4 Å². The van der Waals surface area contributed by atoms with Crippen molar-refractivity contribution in [3.05, 3.63) is 78.1 Å². The number of hydrogen-bond donors (Lipinski definition) is 3. The summed E-state index contributed by atoms with van der Waals surface area (Å²) in [5.41, 5.74) is 10.6. The molecular weight excluding hydrogens is 506 g/mol. The van der Waals surface area contributed by atoms with Gasteiger partial charge in [0.15, 0.2) is 5.65 Å². The number of nitrogens with zero attached hydrogens (tertiary/aromatic N) is 5. The Bertz CT molecular complexity index is 1560. The molecule has 1 atom stereocenters. The molecule has 2 amide bonds. The first-order valence-corrected chi connectivity index (χ1v) is 13.4. The molecule has 2 aromatic heterocycles. The summed E-state index contributed by atoms with van der Waals surface area (Å²) in [6, 6.07) is 14.9. The molecular formula is C30H33N7O3. The van der Waals surface area contributed by atoms with Crippen LogP contribution in [-0.2, 0) is 4.79 Å². The van der Waals surface area contributed by atoms with E-state index >= 15 is 0 Å². The third-order valence-corrected chi connectivity index (χ3v) is 7.17. The zero-order valence-electron chi connectivity index (χ0n) is 22.6. The van der Waals surface area contributed by atoms with Crippen molar-refractivity contribution in [2.24, 2.45) is 0 Å². The van der Waals surface area contributed by atoms with Crippen LogP contribution in [0.1, 0.15) is 54.6 Å². The number of amides is 2. The van der Waals surface area contributed by atoms with Gasteiger partial charge in [-0.3, -0.25) is 9.59 Å². The number of fused-ring (bicyclic) bond motifs is 1. The third-order valence-electron chi connectivity index (χ3n) is 7.17. The van der Waals surface area contributed by atoms with Crippen LogP contribution in [0, 0.1) is 0 Å². The van der Waals surface area contributed by atoms with Gasteiger partial charge in [0.1, 0.15) is 17.8 Å². The minimum Gasteiger partial charge on any atom is -0.392 e. The average Bonchev–Trinajstić information content (AvgIpc) is 3.37. The van der Waals surface area contributed by atoms with E-state index < -0.39 is 0 Å². The van der Waals surface area contributed by atoms with Gasteiger partial charge < -0.3 is 21.1 Å². The second kappa shape index (κ2) is 11.7. The van der Waals surface area contributed by atoms with E-state index in [0.29, 0.717) is 52.7 Å². The topological polar surface area (TPSA) is 139 Å². The fraction of sp³-hybridized carbons (Fsp3) is 0.300. The van der Waals surface area contributed by atoms with Gasteiger partial charge in [0.25, 0.3) is 5.91 Å². The maximum atomic E-state index is 13.1. The molecule has 0 unspecified atom stereocenters. The molecule has 0 spiro atoms. The van der Waals surface area contributed by atoms with E-state index in [1.165, 1.54) is 24.0 Å². The highest BCUT2D eigenvalue weighted by Gasteiger charge is 2.28. The van der Waals surface area contributed by atoms with Crippen molar-refractivity contribution in [2.75, 3.05) is 30.7 Å². The molecule has 0 aliphatic carbocycles. The summed E-state index contributed by atoms with van der Waals surface area (Å²) in [6.07, 6.45) is 5.85. The molecule has 4 N–H and O–H groups in total. The maximum absolute atomic E-state index is 13.1. The van der Waals surface area contributed by atoms with Crippen LogP contribution in [0.3, 0.4) is 0 Å². The summed E-state index contributed by atoms with van der Waals surface area (Å²) in [6.45, 7) is 5.15. The van der Waals surface area contributed by atoms with E-state index in [1.54, 1.807) is 17.0 Å². The number of nitrogens with two attached hydrogens (primary N) is 1. The number of aliphatic hydroxyl groups excluding tert-OH is 1. The molecule has 0 radical (unpaired) electrons. The number of likely N-dealkylation sites (tertiary alicyclic amines) is 1. The predicted octanol–water partition coefficient (Wildman–Crippen LogP) is 4.16. The minimum atomic E-state index is -0.232. The zero-order valence-corrected chi connectivity index (χ0v) is 22.6. The lowest BCUT2D eigenvalue weighted by Crippen LogP contribution is -2.40. The Hall–Kier alpha value is -4.57. The summed E-state index contributed by atoms with van der Waals surface area (Å²) in [4.78, 5) is 36.1. The highest BCUT2D eigenvalue weighted by Crippen LogP contribution is 2.34. The number of piperidine rings is 1. The van der Waals surface area contributed by atoms with Crippen LogP contribution < -0.4 is 11.1 Å². The van der Waals surface area contributed by atoms with Gasteiger partial charge in [-0.25, -0.2) is 14.6 Å². The largest absolute Gasteiger partial charge is 0.392 e. The first kappa shape index (κ1) is 27.0. The monoisotopic (exact) mass is 539 g/mol. The maximum Gasteiger partial charge on any atom is 0.255 e. The summed E-state index contributed by atoms with van der Waals surface area (Å²) >= 11 is 0. The Morgan fingerprint density at radius 1 is 1.18 bits per heavy atom. The van der Waals surface area contributed by atoms with Gasteiger partial charge in [-0.1, -0.05) is 44.2 Å². The van der Waals surface area contributed by atoms with E-state index in [1.807, 2.05) is 41.1 Å². The summed E-state index contributed by atoms with van der Waals surface area (Å²) in [5.74, 6) is 0.320. The van der Waals surface area contributed by atoms with Crippen molar-refractivity contribution in [1.82, 2.24) is 24.6 Å². The second-order valence-electron chi connectivity index (χ2n) is 10.2. The molecule has 40 heavy (non-hydrogen) atoms. The molecule has 0 bridgehead atoms. The van der Waals surface area contributed by atoms with Gasteiger partial charge >= 0.3 is 0 Å². The first-order valence-electron chi connectivity index (χ1n) is 13.4. The quantitative estimate of drug-likeness (QED) is 0.300. The van der Waals surface area contributed by atoms with Gasteiger partial charge in [0.05, 0.1) is 18.0 Å². The molecule has 2 aromatic carbocycles. The molecule has 3 heterocycles. The Balaban J connectivity index is 1.45. The minimum absolute atomic E-state index is 0.119. The van der Waals surface area contributed by atoms with Crippen LogP contribution in [0.25, 0.3) is 22.3 Å². The summed E-state index contributed by atoms with van der Waals surface area (Å²) < 4.78 is 1.82. The number of aromatic nitrogens is 4. The Labute approximate surface area is 232 Å². The third kappa shape index (κ3) is 5.57. The van der Waals surface area contributed by atoms with Crippen molar-refractivity contribution in [3.63, 3.8) is 0 Å². The Kier molecular flexibility index (Phi) is 7.88. The van der Waals surface area contributed by atoms with Crippen LogP contribution in [0.15, 0.2) is 67.0 Å². The standard InChI is InChI=1S/C30H33N7O3/c1-19(2)20-10-12-23(13-11-20)34-30(40)22-7-3-6-21(16-22)27-26-28(31)32-18-33-29(26)37(35-27)24-8-4-14-36(17-24)25(39)9-5-15-38/h3,5-7,9-13,16,18-19,24,38H,4,8,14-15,17H2,1-2H3,(H,34,40)(H2,31,32,33)/b9-5+/t24-/m1/s1. The van der Waals surface area contributed by atoms with Gasteiger partial charge in [-0.2, -0.15) is 5.10 Å².